The Labute approximate surface area is 128 Å². The number of nitrogens with two attached hydrogens (primary N) is 1. The number of ether oxygens (including phenoxy) is 1. The lowest BCUT2D eigenvalue weighted by Gasteiger charge is -2.17. The van der Waals surface area contributed by atoms with Gasteiger partial charge in [0.25, 0.3) is 5.56 Å². The molecule has 0 radical (unpaired) electrons. The van der Waals surface area contributed by atoms with Gasteiger partial charge in [-0.3, -0.25) is 18.9 Å². The van der Waals surface area contributed by atoms with E-state index in [4.69, 9.17) is 20.3 Å². The van der Waals surface area contributed by atoms with Crippen LogP contribution < -0.4 is 11.3 Å². The van der Waals surface area contributed by atoms with Gasteiger partial charge in [0.15, 0.2) is 17.4 Å². The van der Waals surface area contributed by atoms with Gasteiger partial charge in [-0.25, -0.2) is 9.55 Å². The number of nitrogens with one attached hydrogen (secondary N) is 1. The van der Waals surface area contributed by atoms with Crippen molar-refractivity contribution in [2.45, 2.75) is 24.9 Å². The molecule has 6 N–H and O–H groups in total. The molecule has 0 amide bonds. The summed E-state index contributed by atoms with van der Waals surface area (Å²) >= 11 is 0. The third kappa shape index (κ3) is 3.27. The molecule has 3 heterocycles. The topological polar surface area (TPSA) is 186 Å². The Kier molecular flexibility index (Phi) is 3.96. The van der Waals surface area contributed by atoms with Gasteiger partial charge in [-0.2, -0.15) is 4.98 Å². The number of fused-ring (bicyclic) bond motifs is 1. The molecule has 12 nitrogen and oxygen atoms in total. The van der Waals surface area contributed by atoms with Crippen molar-refractivity contribution >= 4 is 24.9 Å². The highest BCUT2D eigenvalue weighted by Gasteiger charge is 2.37. The van der Waals surface area contributed by atoms with Crippen LogP contribution in [0.5, 0.6) is 0 Å². The van der Waals surface area contributed by atoms with Crippen molar-refractivity contribution in [3.63, 3.8) is 0 Å². The number of aromatic nitrogens is 4. The summed E-state index contributed by atoms with van der Waals surface area (Å²) in [4.78, 5) is 39.3. The summed E-state index contributed by atoms with van der Waals surface area (Å²) in [7, 11) is -4.63. The van der Waals surface area contributed by atoms with E-state index in [0.717, 1.165) is 0 Å². The molecule has 3 atom stereocenters. The molecule has 1 fully saturated rings. The molecular formula is C10H14N5O7P. The number of hydrogen-bond acceptors (Lipinski definition) is 8. The molecule has 1 aliphatic rings. The second kappa shape index (κ2) is 5.67. The van der Waals surface area contributed by atoms with Crippen molar-refractivity contribution in [1.29, 1.82) is 0 Å². The first-order valence-corrected chi connectivity index (χ1v) is 8.03. The van der Waals surface area contributed by atoms with Crippen molar-refractivity contribution in [2.24, 2.45) is 0 Å². The molecule has 2 aromatic rings. The highest BCUT2D eigenvalue weighted by molar-refractivity contribution is 7.46. The maximum Gasteiger partial charge on any atom is 0.469 e. The highest BCUT2D eigenvalue weighted by Crippen LogP contribution is 2.38. The van der Waals surface area contributed by atoms with E-state index >= 15 is 0 Å². The minimum absolute atomic E-state index is 0.0323. The molecule has 23 heavy (non-hydrogen) atoms. The number of phosphoric acid groups is 1. The predicted molar refractivity (Wildman–Crippen MR) is 75.1 cm³/mol. The summed E-state index contributed by atoms with van der Waals surface area (Å²) in [5.74, 6) is -0.113. The lowest BCUT2D eigenvalue weighted by atomic mass is 10.2. The molecule has 0 aromatic carbocycles. The first-order valence-electron chi connectivity index (χ1n) is 6.50. The number of aromatic amines is 1. The standard InChI is InChI=1S/C10H14N5O7P/c11-10-13-7-6(8(17)14-10)12-3-15(7)9-5(16)1-4(22-9)2-21-23(18,19)20/h3-5,9,16H,1-2H2,(H2,18,19,20)(H3,11,13,14,17). The molecule has 0 bridgehead atoms. The summed E-state index contributed by atoms with van der Waals surface area (Å²) in [6.45, 7) is -0.388. The molecule has 13 heteroatoms. The Morgan fingerprint density at radius 1 is 1.57 bits per heavy atom. The number of phosphoric ester groups is 1. The van der Waals surface area contributed by atoms with Gasteiger partial charge in [-0.15, -0.1) is 0 Å². The van der Waals surface area contributed by atoms with Crippen LogP contribution in [0.25, 0.3) is 11.2 Å². The highest BCUT2D eigenvalue weighted by atomic mass is 31.2. The monoisotopic (exact) mass is 347 g/mol. The number of hydrogen-bond donors (Lipinski definition) is 5. The van der Waals surface area contributed by atoms with Crippen molar-refractivity contribution in [3.05, 3.63) is 16.7 Å². The molecule has 0 saturated carbocycles. The Balaban J connectivity index is 1.85. The van der Waals surface area contributed by atoms with E-state index in [1.165, 1.54) is 10.9 Å². The molecule has 0 spiro atoms. The van der Waals surface area contributed by atoms with Crippen LogP contribution in [0.15, 0.2) is 11.1 Å². The maximum atomic E-state index is 11.7. The number of aliphatic hydroxyl groups excluding tert-OH is 1. The summed E-state index contributed by atoms with van der Waals surface area (Å²) < 4.78 is 21.9. The zero-order valence-electron chi connectivity index (χ0n) is 11.6. The van der Waals surface area contributed by atoms with Gasteiger partial charge >= 0.3 is 7.82 Å². The summed E-state index contributed by atoms with van der Waals surface area (Å²) in [6.07, 6.45) is -1.31. The first-order chi connectivity index (χ1) is 10.7. The Morgan fingerprint density at radius 2 is 2.30 bits per heavy atom. The van der Waals surface area contributed by atoms with Gasteiger partial charge in [0.2, 0.25) is 5.95 Å². The summed E-state index contributed by atoms with van der Waals surface area (Å²) in [5.41, 5.74) is 5.13. The van der Waals surface area contributed by atoms with Crippen LogP contribution in [0.4, 0.5) is 5.95 Å². The zero-order chi connectivity index (χ0) is 16.8. The van der Waals surface area contributed by atoms with Crippen molar-refractivity contribution < 1.29 is 28.7 Å². The first kappa shape index (κ1) is 16.1. The van der Waals surface area contributed by atoms with Crippen LogP contribution in [-0.4, -0.2) is 53.2 Å². The molecule has 2 aromatic heterocycles. The lowest BCUT2D eigenvalue weighted by Crippen LogP contribution is -2.20. The third-order valence-corrected chi connectivity index (χ3v) is 3.80. The minimum atomic E-state index is -4.63. The molecule has 1 aliphatic heterocycles. The normalized spacial score (nSPS) is 25.3. The van der Waals surface area contributed by atoms with Crippen LogP contribution in [0.1, 0.15) is 12.6 Å². The molecule has 0 aliphatic carbocycles. The molecular weight excluding hydrogens is 333 g/mol. The van der Waals surface area contributed by atoms with Crippen LogP contribution >= 0.6 is 7.82 Å². The van der Waals surface area contributed by atoms with E-state index in [1.807, 2.05) is 0 Å². The predicted octanol–water partition coefficient (Wildman–Crippen LogP) is -1.54. The molecule has 3 rings (SSSR count). The maximum absolute atomic E-state index is 11.7. The van der Waals surface area contributed by atoms with Gasteiger partial charge in [0.05, 0.1) is 19.0 Å². The second-order valence-corrected chi connectivity index (χ2v) is 6.25. The number of rotatable bonds is 4. The smallest absolute Gasteiger partial charge is 0.388 e. The quantitative estimate of drug-likeness (QED) is 0.406. The van der Waals surface area contributed by atoms with Crippen LogP contribution in [0.3, 0.4) is 0 Å². The van der Waals surface area contributed by atoms with Crippen LogP contribution in [-0.2, 0) is 13.8 Å². The second-order valence-electron chi connectivity index (χ2n) is 5.01. The average Bonchev–Trinajstić information content (AvgIpc) is 2.99. The van der Waals surface area contributed by atoms with Crippen LogP contribution in [0, 0.1) is 0 Å². The van der Waals surface area contributed by atoms with Crippen molar-refractivity contribution in [1.82, 2.24) is 19.5 Å². The number of aliphatic hydroxyl groups is 1. The van der Waals surface area contributed by atoms with Gasteiger partial charge < -0.3 is 25.4 Å². The average molecular weight is 347 g/mol. The number of nitrogens with zero attached hydrogens (tertiary/aromatic N) is 3. The van der Waals surface area contributed by atoms with E-state index in [-0.39, 0.29) is 30.1 Å². The van der Waals surface area contributed by atoms with Gasteiger partial charge in [-0.05, 0) is 0 Å². The van der Waals surface area contributed by atoms with Gasteiger partial charge in [0, 0.05) is 6.42 Å². The number of H-pyrrole nitrogens is 1. The van der Waals surface area contributed by atoms with E-state index in [1.54, 1.807) is 0 Å². The van der Waals surface area contributed by atoms with Gasteiger partial charge in [0.1, 0.15) is 6.10 Å². The minimum Gasteiger partial charge on any atom is -0.388 e. The number of imidazole rings is 1. The Hall–Kier alpha value is -1.82. The van der Waals surface area contributed by atoms with E-state index in [9.17, 15) is 14.5 Å². The van der Waals surface area contributed by atoms with Crippen LogP contribution in [0.2, 0.25) is 0 Å². The third-order valence-electron chi connectivity index (χ3n) is 3.32. The zero-order valence-corrected chi connectivity index (χ0v) is 12.5. The molecule has 1 saturated heterocycles. The van der Waals surface area contributed by atoms with E-state index < -0.39 is 31.8 Å². The molecule has 126 valence electrons. The number of anilines is 1. The fraction of sp³-hybridized carbons (Fsp3) is 0.500. The van der Waals surface area contributed by atoms with E-state index in [2.05, 4.69) is 19.5 Å². The fourth-order valence-electron chi connectivity index (χ4n) is 2.40. The van der Waals surface area contributed by atoms with Crippen molar-refractivity contribution in [2.75, 3.05) is 12.3 Å². The lowest BCUT2D eigenvalue weighted by molar-refractivity contribution is -0.0481. The van der Waals surface area contributed by atoms with Gasteiger partial charge in [-0.1, -0.05) is 0 Å². The Morgan fingerprint density at radius 3 is 3.00 bits per heavy atom. The fourth-order valence-corrected chi connectivity index (χ4v) is 2.76. The summed E-state index contributed by atoms with van der Waals surface area (Å²) in [5, 5.41) is 10.1. The SMILES string of the molecule is Nc1nc2c(ncn2C2OC(COP(=O)(O)O)CC2O)c(=O)[nH]1. The van der Waals surface area contributed by atoms with Crippen molar-refractivity contribution in [3.8, 4) is 0 Å². The largest absolute Gasteiger partial charge is 0.469 e. The molecule has 3 unspecified atom stereocenters. The summed E-state index contributed by atoms with van der Waals surface area (Å²) in [6, 6.07) is 0. The number of nitrogen functional groups attached to an aromatic ring is 1. The van der Waals surface area contributed by atoms with E-state index in [0.29, 0.717) is 0 Å². The Bertz CT molecular complexity index is 829.